The van der Waals surface area contributed by atoms with Crippen molar-refractivity contribution in [3.8, 4) is 0 Å². The van der Waals surface area contributed by atoms with E-state index in [9.17, 15) is 9.59 Å². The lowest BCUT2D eigenvalue weighted by Crippen LogP contribution is -2.33. The Morgan fingerprint density at radius 3 is 2.32 bits per heavy atom. The quantitative estimate of drug-likeness (QED) is 0.712. The van der Waals surface area contributed by atoms with Crippen molar-refractivity contribution in [3.05, 3.63) is 83.4 Å². The molecule has 0 unspecified atom stereocenters. The minimum absolute atomic E-state index is 0.00595. The van der Waals surface area contributed by atoms with Crippen LogP contribution in [0.2, 0.25) is 0 Å². The number of nitrogens with two attached hydrogens (primary N) is 1. The molecule has 0 saturated heterocycles. The van der Waals surface area contributed by atoms with Crippen LogP contribution in [0.15, 0.2) is 60.9 Å². The Kier molecular flexibility index (Phi) is 5.31. The largest absolute Gasteiger partial charge is 0.366 e. The summed E-state index contributed by atoms with van der Waals surface area (Å²) in [5.74, 6) is -0.208. The van der Waals surface area contributed by atoms with Crippen LogP contribution >= 0.6 is 0 Å². The number of benzene rings is 2. The molecule has 0 aliphatic carbocycles. The third-order valence-electron chi connectivity index (χ3n) is 4.57. The van der Waals surface area contributed by atoms with Crippen LogP contribution in [-0.2, 0) is 12.0 Å². The summed E-state index contributed by atoms with van der Waals surface area (Å²) in [6, 6.07) is 14.4. The van der Waals surface area contributed by atoms with E-state index in [-0.39, 0.29) is 23.4 Å². The number of nitrogens with one attached hydrogen (secondary N) is 1. The normalized spacial score (nSPS) is 11.2. The van der Waals surface area contributed by atoms with Crippen molar-refractivity contribution in [1.82, 2.24) is 9.97 Å². The number of hydrogen-bond acceptors (Lipinski definition) is 3. The van der Waals surface area contributed by atoms with Gasteiger partial charge in [0, 0.05) is 18.0 Å². The zero-order chi connectivity index (χ0) is 20.3. The van der Waals surface area contributed by atoms with Crippen molar-refractivity contribution in [2.75, 3.05) is 4.90 Å². The predicted octanol–water partition coefficient (Wildman–Crippen LogP) is 3.65. The fourth-order valence-electron chi connectivity index (χ4n) is 2.99. The highest BCUT2D eigenvalue weighted by Crippen LogP contribution is 2.26. The second kappa shape index (κ2) is 7.68. The number of H-pyrrole nitrogens is 1. The van der Waals surface area contributed by atoms with Gasteiger partial charge in [-0.1, -0.05) is 45.0 Å². The molecule has 28 heavy (non-hydrogen) atoms. The Morgan fingerprint density at radius 2 is 1.75 bits per heavy atom. The third kappa shape index (κ3) is 4.11. The second-order valence-electron chi connectivity index (χ2n) is 7.64. The number of anilines is 1. The summed E-state index contributed by atoms with van der Waals surface area (Å²) in [5.41, 5.74) is 7.93. The molecule has 0 spiro atoms. The van der Waals surface area contributed by atoms with Gasteiger partial charge in [-0.2, -0.15) is 0 Å². The maximum absolute atomic E-state index is 13.3. The zero-order valence-electron chi connectivity index (χ0n) is 16.3. The highest BCUT2D eigenvalue weighted by atomic mass is 16.2. The summed E-state index contributed by atoms with van der Waals surface area (Å²) in [5, 5.41) is 0. The molecular weight excluding hydrogens is 352 g/mol. The van der Waals surface area contributed by atoms with Gasteiger partial charge >= 0.3 is 0 Å². The van der Waals surface area contributed by atoms with E-state index in [1.807, 2.05) is 24.3 Å². The number of primary amides is 1. The molecule has 3 aromatic rings. The molecule has 3 N–H and O–H groups in total. The van der Waals surface area contributed by atoms with Gasteiger partial charge in [0.15, 0.2) is 0 Å². The van der Waals surface area contributed by atoms with Crippen LogP contribution in [0.3, 0.4) is 0 Å². The van der Waals surface area contributed by atoms with Crippen molar-refractivity contribution in [2.45, 2.75) is 32.7 Å². The monoisotopic (exact) mass is 376 g/mol. The maximum atomic E-state index is 13.3. The van der Waals surface area contributed by atoms with Gasteiger partial charge < -0.3 is 10.7 Å². The van der Waals surface area contributed by atoms with Crippen LogP contribution in [0.5, 0.6) is 0 Å². The fourth-order valence-corrected chi connectivity index (χ4v) is 2.99. The first-order chi connectivity index (χ1) is 13.3. The average molecular weight is 376 g/mol. The van der Waals surface area contributed by atoms with Gasteiger partial charge in [0.2, 0.25) is 0 Å². The number of imidazole rings is 1. The Balaban J connectivity index is 2.02. The lowest BCUT2D eigenvalue weighted by Gasteiger charge is -2.24. The van der Waals surface area contributed by atoms with Crippen molar-refractivity contribution in [2.24, 2.45) is 5.73 Å². The second-order valence-corrected chi connectivity index (χ2v) is 7.64. The summed E-state index contributed by atoms with van der Waals surface area (Å²) in [7, 11) is 0. The molecule has 1 aromatic heterocycles. The minimum atomic E-state index is -0.587. The minimum Gasteiger partial charge on any atom is -0.366 e. The molecule has 0 bridgehead atoms. The Hall–Kier alpha value is -3.41. The number of amides is 2. The molecule has 6 nitrogen and oxygen atoms in total. The Labute approximate surface area is 164 Å². The van der Waals surface area contributed by atoms with Crippen LogP contribution in [-0.4, -0.2) is 21.8 Å². The van der Waals surface area contributed by atoms with Gasteiger partial charge in [-0.05, 0) is 35.2 Å². The van der Waals surface area contributed by atoms with Gasteiger partial charge in [-0.25, -0.2) is 4.98 Å². The molecule has 1 heterocycles. The summed E-state index contributed by atoms with van der Waals surface area (Å²) >= 11 is 0. The summed E-state index contributed by atoms with van der Waals surface area (Å²) in [6.45, 7) is 6.56. The zero-order valence-corrected chi connectivity index (χ0v) is 16.3. The molecular formula is C22H24N4O2. The molecule has 6 heteroatoms. The number of rotatable bonds is 5. The molecule has 2 aromatic carbocycles. The van der Waals surface area contributed by atoms with Crippen molar-refractivity contribution >= 4 is 17.5 Å². The summed E-state index contributed by atoms with van der Waals surface area (Å²) < 4.78 is 0. The average Bonchev–Trinajstić information content (AvgIpc) is 3.18. The fraction of sp³-hybridized carbons (Fsp3) is 0.227. The van der Waals surface area contributed by atoms with Gasteiger partial charge in [0.05, 0.1) is 17.8 Å². The molecule has 2 amide bonds. The Morgan fingerprint density at radius 1 is 1.07 bits per heavy atom. The molecule has 0 radical (unpaired) electrons. The SMILES string of the molecule is CC(C)(C)c1ccc(C(=O)N(Cc2ncc[nH]2)c2ccccc2C(N)=O)cc1. The van der Waals surface area contributed by atoms with E-state index in [1.54, 1.807) is 36.7 Å². The number of nitrogens with zero attached hydrogens (tertiary/aromatic N) is 2. The van der Waals surface area contributed by atoms with Gasteiger partial charge in [-0.15, -0.1) is 0 Å². The van der Waals surface area contributed by atoms with E-state index in [0.717, 1.165) is 5.56 Å². The van der Waals surface area contributed by atoms with E-state index in [4.69, 9.17) is 5.73 Å². The van der Waals surface area contributed by atoms with E-state index in [2.05, 4.69) is 30.7 Å². The van der Waals surface area contributed by atoms with Crippen LogP contribution in [0.1, 0.15) is 52.9 Å². The number of carbonyl (C=O) groups is 2. The molecule has 0 fully saturated rings. The predicted molar refractivity (Wildman–Crippen MR) is 109 cm³/mol. The van der Waals surface area contributed by atoms with Gasteiger partial charge in [0.25, 0.3) is 11.8 Å². The summed E-state index contributed by atoms with van der Waals surface area (Å²) in [4.78, 5) is 34.0. The number of para-hydroxylation sites is 1. The van der Waals surface area contributed by atoms with Gasteiger partial charge in [0.1, 0.15) is 5.82 Å². The standard InChI is InChI=1S/C22H24N4O2/c1-22(2,3)16-10-8-15(9-11-16)21(28)26(14-19-24-12-13-25-19)18-7-5-4-6-17(18)20(23)27/h4-13H,14H2,1-3H3,(H2,23,27)(H,24,25). The smallest absolute Gasteiger partial charge is 0.258 e. The molecule has 0 aliphatic rings. The van der Waals surface area contributed by atoms with E-state index >= 15 is 0 Å². The number of aromatic amines is 1. The first-order valence-electron chi connectivity index (χ1n) is 9.07. The molecule has 3 rings (SSSR count). The third-order valence-corrected chi connectivity index (χ3v) is 4.57. The van der Waals surface area contributed by atoms with Gasteiger partial charge in [-0.3, -0.25) is 14.5 Å². The first-order valence-corrected chi connectivity index (χ1v) is 9.07. The Bertz CT molecular complexity index is 971. The lowest BCUT2D eigenvalue weighted by atomic mass is 9.86. The van der Waals surface area contributed by atoms with E-state index < -0.39 is 5.91 Å². The molecule has 0 atom stereocenters. The van der Waals surface area contributed by atoms with Crippen LogP contribution in [0.25, 0.3) is 0 Å². The number of carbonyl (C=O) groups excluding carboxylic acids is 2. The van der Waals surface area contributed by atoms with E-state index in [0.29, 0.717) is 17.1 Å². The highest BCUT2D eigenvalue weighted by Gasteiger charge is 2.23. The van der Waals surface area contributed by atoms with Crippen LogP contribution in [0, 0.1) is 0 Å². The summed E-state index contributed by atoms with van der Waals surface area (Å²) in [6.07, 6.45) is 3.31. The highest BCUT2D eigenvalue weighted by molar-refractivity contribution is 6.10. The van der Waals surface area contributed by atoms with Crippen molar-refractivity contribution in [1.29, 1.82) is 0 Å². The van der Waals surface area contributed by atoms with Crippen molar-refractivity contribution in [3.63, 3.8) is 0 Å². The molecule has 0 saturated carbocycles. The lowest BCUT2D eigenvalue weighted by molar-refractivity contribution is 0.0984. The van der Waals surface area contributed by atoms with Crippen LogP contribution < -0.4 is 10.6 Å². The first kappa shape index (κ1) is 19.4. The number of hydrogen-bond donors (Lipinski definition) is 2. The van der Waals surface area contributed by atoms with Crippen molar-refractivity contribution < 1.29 is 9.59 Å². The maximum Gasteiger partial charge on any atom is 0.258 e. The molecule has 0 aliphatic heterocycles. The van der Waals surface area contributed by atoms with E-state index in [1.165, 1.54) is 4.90 Å². The number of aromatic nitrogens is 2. The van der Waals surface area contributed by atoms with Crippen LogP contribution in [0.4, 0.5) is 5.69 Å². The molecule has 144 valence electrons. The topological polar surface area (TPSA) is 92.1 Å².